The zero-order chi connectivity index (χ0) is 22.5. The lowest BCUT2D eigenvalue weighted by Crippen LogP contribution is -2.28. The Hall–Kier alpha value is -3.45. The molecule has 0 saturated carbocycles. The third kappa shape index (κ3) is 5.06. The summed E-state index contributed by atoms with van der Waals surface area (Å²) in [5, 5.41) is 12.4. The van der Waals surface area contributed by atoms with Crippen LogP contribution in [0, 0.1) is 12.7 Å². The van der Waals surface area contributed by atoms with Gasteiger partial charge in [-0.05, 0) is 43.7 Å². The van der Waals surface area contributed by atoms with Gasteiger partial charge < -0.3 is 5.32 Å². The third-order valence-corrected chi connectivity index (χ3v) is 5.97. The summed E-state index contributed by atoms with van der Waals surface area (Å²) in [5.41, 5.74) is 3.88. The van der Waals surface area contributed by atoms with E-state index in [1.54, 1.807) is 12.1 Å². The smallest absolute Gasteiger partial charge is 0.230 e. The molecule has 1 amide bonds. The van der Waals surface area contributed by atoms with Crippen LogP contribution in [0.25, 0.3) is 17.1 Å². The molecule has 1 aromatic heterocycles. The number of nitrogens with zero attached hydrogens (tertiary/aromatic N) is 3. The minimum absolute atomic E-state index is 0.133. The van der Waals surface area contributed by atoms with Gasteiger partial charge in [-0.1, -0.05) is 71.9 Å². The standard InChI is InChI=1S/C25H23FN4OS/c1-17-8-14-22(15-9-17)30-24(20-6-4-3-5-7-20)28-29-25(30)32-16-23(31)27-18(2)19-10-12-21(26)13-11-19/h3-15,18H,16H2,1-2H3,(H,27,31). The summed E-state index contributed by atoms with van der Waals surface area (Å²) in [5.74, 6) is 0.473. The second-order valence-electron chi connectivity index (χ2n) is 7.47. The van der Waals surface area contributed by atoms with Crippen LogP contribution in [0.3, 0.4) is 0 Å². The van der Waals surface area contributed by atoms with Gasteiger partial charge in [0.05, 0.1) is 11.8 Å². The van der Waals surface area contributed by atoms with E-state index >= 15 is 0 Å². The molecule has 162 valence electrons. The maximum absolute atomic E-state index is 13.1. The Bertz CT molecular complexity index is 1190. The molecule has 3 aromatic carbocycles. The summed E-state index contributed by atoms with van der Waals surface area (Å²) >= 11 is 1.33. The number of nitrogens with one attached hydrogen (secondary N) is 1. The molecule has 1 heterocycles. The van der Waals surface area contributed by atoms with Crippen molar-refractivity contribution in [2.24, 2.45) is 0 Å². The second kappa shape index (κ2) is 9.78. The highest BCUT2D eigenvalue weighted by molar-refractivity contribution is 7.99. The molecular weight excluding hydrogens is 423 g/mol. The number of carbonyl (C=O) groups excluding carboxylic acids is 1. The lowest BCUT2D eigenvalue weighted by molar-refractivity contribution is -0.119. The molecule has 4 rings (SSSR count). The molecule has 5 nitrogen and oxygen atoms in total. The monoisotopic (exact) mass is 446 g/mol. The Kier molecular flexibility index (Phi) is 6.66. The number of halogens is 1. The minimum Gasteiger partial charge on any atom is -0.349 e. The van der Waals surface area contributed by atoms with Crippen molar-refractivity contribution in [3.63, 3.8) is 0 Å². The molecule has 0 spiro atoms. The Balaban J connectivity index is 1.53. The number of amides is 1. The van der Waals surface area contributed by atoms with Crippen molar-refractivity contribution in [2.45, 2.75) is 25.0 Å². The van der Waals surface area contributed by atoms with E-state index in [9.17, 15) is 9.18 Å². The topological polar surface area (TPSA) is 59.8 Å². The summed E-state index contributed by atoms with van der Waals surface area (Å²) in [4.78, 5) is 12.6. The molecule has 1 unspecified atom stereocenters. The van der Waals surface area contributed by atoms with Crippen LogP contribution >= 0.6 is 11.8 Å². The first kappa shape index (κ1) is 21.8. The number of rotatable bonds is 7. The molecule has 0 aliphatic rings. The summed E-state index contributed by atoms with van der Waals surface area (Å²) < 4.78 is 15.1. The zero-order valence-electron chi connectivity index (χ0n) is 17.8. The Morgan fingerprint density at radius 1 is 1.00 bits per heavy atom. The van der Waals surface area contributed by atoms with Gasteiger partial charge in [-0.2, -0.15) is 0 Å². The van der Waals surface area contributed by atoms with Crippen molar-refractivity contribution in [1.82, 2.24) is 20.1 Å². The van der Waals surface area contributed by atoms with Crippen LogP contribution in [0.5, 0.6) is 0 Å². The van der Waals surface area contributed by atoms with Crippen molar-refractivity contribution < 1.29 is 9.18 Å². The summed E-state index contributed by atoms with van der Waals surface area (Å²) in [6, 6.07) is 23.9. The van der Waals surface area contributed by atoms with Gasteiger partial charge in [0.15, 0.2) is 11.0 Å². The lowest BCUT2D eigenvalue weighted by atomic mass is 10.1. The quantitative estimate of drug-likeness (QED) is 0.389. The van der Waals surface area contributed by atoms with E-state index in [2.05, 4.69) is 15.5 Å². The van der Waals surface area contributed by atoms with Crippen LogP contribution < -0.4 is 5.32 Å². The van der Waals surface area contributed by atoms with Gasteiger partial charge in [0, 0.05) is 11.3 Å². The normalized spacial score (nSPS) is 11.8. The average molecular weight is 447 g/mol. The lowest BCUT2D eigenvalue weighted by Gasteiger charge is -2.14. The molecule has 4 aromatic rings. The maximum atomic E-state index is 13.1. The van der Waals surface area contributed by atoms with E-state index in [0.717, 1.165) is 28.2 Å². The van der Waals surface area contributed by atoms with E-state index < -0.39 is 0 Å². The highest BCUT2D eigenvalue weighted by Gasteiger charge is 2.18. The Morgan fingerprint density at radius 3 is 2.38 bits per heavy atom. The zero-order valence-corrected chi connectivity index (χ0v) is 18.6. The fraction of sp³-hybridized carbons (Fsp3) is 0.160. The molecular formula is C25H23FN4OS. The number of aryl methyl sites for hydroxylation is 1. The van der Waals surface area contributed by atoms with Crippen LogP contribution in [0.15, 0.2) is 84.0 Å². The molecule has 32 heavy (non-hydrogen) atoms. The summed E-state index contributed by atoms with van der Waals surface area (Å²) in [6.45, 7) is 3.91. The van der Waals surface area contributed by atoms with Gasteiger partial charge in [-0.25, -0.2) is 4.39 Å². The van der Waals surface area contributed by atoms with Crippen LogP contribution in [-0.4, -0.2) is 26.4 Å². The summed E-state index contributed by atoms with van der Waals surface area (Å²) in [7, 11) is 0. The second-order valence-corrected chi connectivity index (χ2v) is 8.42. The average Bonchev–Trinajstić information content (AvgIpc) is 3.23. The Labute approximate surface area is 190 Å². The van der Waals surface area contributed by atoms with Crippen molar-refractivity contribution in [2.75, 3.05) is 5.75 Å². The first-order valence-electron chi connectivity index (χ1n) is 10.3. The van der Waals surface area contributed by atoms with Crippen LogP contribution in [0.2, 0.25) is 0 Å². The van der Waals surface area contributed by atoms with Gasteiger partial charge in [-0.3, -0.25) is 9.36 Å². The van der Waals surface area contributed by atoms with E-state index in [1.165, 1.54) is 23.9 Å². The third-order valence-electron chi connectivity index (χ3n) is 5.04. The van der Waals surface area contributed by atoms with Crippen LogP contribution in [0.4, 0.5) is 4.39 Å². The van der Waals surface area contributed by atoms with Crippen molar-refractivity contribution in [1.29, 1.82) is 0 Å². The van der Waals surface area contributed by atoms with E-state index in [0.29, 0.717) is 5.16 Å². The van der Waals surface area contributed by atoms with Crippen molar-refractivity contribution in [3.8, 4) is 17.1 Å². The van der Waals surface area contributed by atoms with Gasteiger partial charge in [-0.15, -0.1) is 10.2 Å². The number of hydrogen-bond donors (Lipinski definition) is 1. The number of thioether (sulfide) groups is 1. The van der Waals surface area contributed by atoms with Gasteiger partial charge in [0.2, 0.25) is 5.91 Å². The number of carbonyl (C=O) groups is 1. The fourth-order valence-corrected chi connectivity index (χ4v) is 4.08. The summed E-state index contributed by atoms with van der Waals surface area (Å²) in [6.07, 6.45) is 0. The number of benzene rings is 3. The van der Waals surface area contributed by atoms with E-state index in [1.807, 2.05) is 73.0 Å². The molecule has 0 aliphatic carbocycles. The first-order valence-corrected chi connectivity index (χ1v) is 11.3. The molecule has 0 fully saturated rings. The highest BCUT2D eigenvalue weighted by Crippen LogP contribution is 2.28. The van der Waals surface area contributed by atoms with E-state index in [4.69, 9.17) is 0 Å². The predicted octanol–water partition coefficient (Wildman–Crippen LogP) is 5.35. The molecule has 1 atom stereocenters. The SMILES string of the molecule is Cc1ccc(-n2c(SCC(=O)NC(C)c3ccc(F)cc3)nnc2-c2ccccc2)cc1. The van der Waals surface area contributed by atoms with Gasteiger partial charge >= 0.3 is 0 Å². The maximum Gasteiger partial charge on any atom is 0.230 e. The van der Waals surface area contributed by atoms with Crippen molar-refractivity contribution in [3.05, 3.63) is 95.8 Å². The molecule has 0 saturated heterocycles. The molecule has 1 N–H and O–H groups in total. The minimum atomic E-state index is -0.299. The molecule has 0 bridgehead atoms. The van der Waals surface area contributed by atoms with Crippen LogP contribution in [-0.2, 0) is 4.79 Å². The fourth-order valence-electron chi connectivity index (χ4n) is 3.31. The largest absolute Gasteiger partial charge is 0.349 e. The van der Waals surface area contributed by atoms with Crippen LogP contribution in [0.1, 0.15) is 24.1 Å². The highest BCUT2D eigenvalue weighted by atomic mass is 32.2. The van der Waals surface area contributed by atoms with Gasteiger partial charge in [0.1, 0.15) is 5.82 Å². The van der Waals surface area contributed by atoms with E-state index in [-0.39, 0.29) is 23.5 Å². The van der Waals surface area contributed by atoms with Gasteiger partial charge in [0.25, 0.3) is 0 Å². The number of aromatic nitrogens is 3. The molecule has 0 radical (unpaired) electrons. The molecule has 0 aliphatic heterocycles. The predicted molar refractivity (Wildman–Crippen MR) is 125 cm³/mol. The molecule has 7 heteroatoms. The van der Waals surface area contributed by atoms with Crippen molar-refractivity contribution >= 4 is 17.7 Å². The Morgan fingerprint density at radius 2 is 1.69 bits per heavy atom. The number of hydrogen-bond acceptors (Lipinski definition) is 4. The first-order chi connectivity index (χ1) is 15.5.